The van der Waals surface area contributed by atoms with Gasteiger partial charge in [0.1, 0.15) is 11.7 Å². The van der Waals surface area contributed by atoms with Gasteiger partial charge in [0.25, 0.3) is 5.91 Å². The van der Waals surface area contributed by atoms with Crippen LogP contribution in [0.1, 0.15) is 37.7 Å². The van der Waals surface area contributed by atoms with Gasteiger partial charge in [-0.3, -0.25) is 4.79 Å². The van der Waals surface area contributed by atoms with Crippen molar-refractivity contribution in [1.29, 1.82) is 0 Å². The van der Waals surface area contributed by atoms with Crippen molar-refractivity contribution in [2.75, 3.05) is 13.1 Å². The van der Waals surface area contributed by atoms with Crippen LogP contribution in [0, 0.1) is 0 Å². The fraction of sp³-hybridized carbons (Fsp3) is 0.500. The number of rotatable bonds is 4. The Hall–Kier alpha value is -2.58. The van der Waals surface area contributed by atoms with Crippen molar-refractivity contribution in [1.82, 2.24) is 4.90 Å². The first kappa shape index (κ1) is 20.2. The van der Waals surface area contributed by atoms with E-state index in [1.165, 1.54) is 24.3 Å². The maximum Gasteiger partial charge on any atom is 0.331 e. The Morgan fingerprint density at radius 3 is 2.54 bits per heavy atom. The molecule has 2 fully saturated rings. The summed E-state index contributed by atoms with van der Waals surface area (Å²) in [5, 5.41) is 39.7. The highest BCUT2D eigenvalue weighted by Crippen LogP contribution is 2.33. The molecule has 0 unspecified atom stereocenters. The molecule has 0 radical (unpaired) electrons. The van der Waals surface area contributed by atoms with Gasteiger partial charge in [-0.1, -0.05) is 6.07 Å². The predicted octanol–water partition coefficient (Wildman–Crippen LogP) is 0.921. The van der Waals surface area contributed by atoms with E-state index in [4.69, 9.17) is 4.74 Å². The largest absolute Gasteiger partial charge is 0.504 e. The standard InChI is InChI=1S/C20H25NO7/c22-14-5-3-13(11-15(14)23)4-6-18(25)28-17-7-8-20(27,12-16(17)24)19(26)21-9-1-2-10-21/h3-6,11,16-17,22-24,27H,1-2,7-10,12H2/b6-4+/t16-,17-,20+/m1/s1. The van der Waals surface area contributed by atoms with E-state index < -0.39 is 23.8 Å². The first-order valence-electron chi connectivity index (χ1n) is 9.39. The molecule has 3 rings (SSSR count). The molecule has 1 saturated carbocycles. The van der Waals surface area contributed by atoms with Gasteiger partial charge in [-0.25, -0.2) is 4.79 Å². The molecule has 8 nitrogen and oxygen atoms in total. The molecule has 1 aromatic rings. The minimum absolute atomic E-state index is 0.118. The molecule has 1 aromatic carbocycles. The number of amides is 1. The number of likely N-dealkylation sites (tertiary alicyclic amines) is 1. The van der Waals surface area contributed by atoms with Crippen molar-refractivity contribution in [3.05, 3.63) is 29.8 Å². The van der Waals surface area contributed by atoms with Gasteiger partial charge in [0.2, 0.25) is 0 Å². The molecule has 1 aliphatic heterocycles. The Bertz CT molecular complexity index is 772. The van der Waals surface area contributed by atoms with Crippen molar-refractivity contribution in [2.24, 2.45) is 0 Å². The van der Waals surface area contributed by atoms with E-state index in [1.54, 1.807) is 4.90 Å². The number of phenols is 2. The van der Waals surface area contributed by atoms with Gasteiger partial charge in [0.15, 0.2) is 11.5 Å². The second-order valence-electron chi connectivity index (χ2n) is 7.40. The molecule has 1 amide bonds. The number of hydrogen-bond donors (Lipinski definition) is 4. The van der Waals surface area contributed by atoms with Crippen LogP contribution in [0.25, 0.3) is 6.08 Å². The maximum absolute atomic E-state index is 12.5. The van der Waals surface area contributed by atoms with Crippen molar-refractivity contribution in [3.8, 4) is 11.5 Å². The van der Waals surface area contributed by atoms with Crippen LogP contribution in [0.5, 0.6) is 11.5 Å². The van der Waals surface area contributed by atoms with Gasteiger partial charge in [-0.2, -0.15) is 0 Å². The number of esters is 1. The average molecular weight is 391 g/mol. The van der Waals surface area contributed by atoms with Crippen LogP contribution in [-0.4, -0.2) is 68.1 Å². The maximum atomic E-state index is 12.5. The highest BCUT2D eigenvalue weighted by Gasteiger charge is 2.47. The fourth-order valence-corrected chi connectivity index (χ4v) is 3.70. The molecular formula is C20H25NO7. The summed E-state index contributed by atoms with van der Waals surface area (Å²) < 4.78 is 5.25. The first-order valence-corrected chi connectivity index (χ1v) is 9.39. The normalized spacial score (nSPS) is 27.9. The molecule has 1 heterocycles. The molecule has 3 atom stereocenters. The Morgan fingerprint density at radius 1 is 1.18 bits per heavy atom. The number of carbonyl (C=O) groups excluding carboxylic acids is 2. The van der Waals surface area contributed by atoms with Gasteiger partial charge in [0.05, 0.1) is 6.10 Å². The number of aliphatic hydroxyl groups excluding tert-OH is 1. The van der Waals surface area contributed by atoms with Gasteiger partial charge in [-0.05, 0) is 49.5 Å². The van der Waals surface area contributed by atoms with E-state index >= 15 is 0 Å². The van der Waals surface area contributed by atoms with E-state index in [2.05, 4.69) is 0 Å². The van der Waals surface area contributed by atoms with Crippen LogP contribution in [0.15, 0.2) is 24.3 Å². The zero-order valence-corrected chi connectivity index (χ0v) is 15.5. The molecule has 4 N–H and O–H groups in total. The second kappa shape index (κ2) is 8.20. The summed E-state index contributed by atoms with van der Waals surface area (Å²) in [5.74, 6) is -1.62. The minimum atomic E-state index is -1.62. The first-order chi connectivity index (χ1) is 13.3. The Balaban J connectivity index is 1.55. The molecular weight excluding hydrogens is 366 g/mol. The van der Waals surface area contributed by atoms with E-state index in [9.17, 15) is 30.0 Å². The summed E-state index contributed by atoms with van der Waals surface area (Å²) >= 11 is 0. The van der Waals surface area contributed by atoms with Crippen molar-refractivity contribution < 1.29 is 34.8 Å². The Labute approximate surface area is 162 Å². The molecule has 1 aliphatic carbocycles. The Morgan fingerprint density at radius 2 is 1.89 bits per heavy atom. The summed E-state index contributed by atoms with van der Waals surface area (Å²) in [4.78, 5) is 26.2. The molecule has 8 heteroatoms. The zero-order chi connectivity index (χ0) is 20.3. The van der Waals surface area contributed by atoms with E-state index in [1.807, 2.05) is 0 Å². The van der Waals surface area contributed by atoms with Crippen LogP contribution in [0.3, 0.4) is 0 Å². The third-order valence-electron chi connectivity index (χ3n) is 5.29. The minimum Gasteiger partial charge on any atom is -0.504 e. The lowest BCUT2D eigenvalue weighted by molar-refractivity contribution is -0.172. The molecule has 0 aromatic heterocycles. The lowest BCUT2D eigenvalue weighted by Gasteiger charge is -2.39. The summed E-state index contributed by atoms with van der Waals surface area (Å²) in [6.07, 6.45) is 2.56. The van der Waals surface area contributed by atoms with Gasteiger partial charge >= 0.3 is 5.97 Å². The number of aromatic hydroxyl groups is 2. The van der Waals surface area contributed by atoms with Crippen LogP contribution in [0.4, 0.5) is 0 Å². The van der Waals surface area contributed by atoms with Gasteiger partial charge in [0, 0.05) is 25.6 Å². The summed E-state index contributed by atoms with van der Waals surface area (Å²) in [6.45, 7) is 1.24. The Kier molecular flexibility index (Phi) is 5.90. The average Bonchev–Trinajstić information content (AvgIpc) is 3.19. The summed E-state index contributed by atoms with van der Waals surface area (Å²) in [6, 6.07) is 4.10. The number of nitrogens with zero attached hydrogens (tertiary/aromatic N) is 1. The molecule has 0 spiro atoms. The second-order valence-corrected chi connectivity index (χ2v) is 7.40. The molecule has 152 valence electrons. The fourth-order valence-electron chi connectivity index (χ4n) is 3.70. The monoisotopic (exact) mass is 391 g/mol. The lowest BCUT2D eigenvalue weighted by atomic mass is 9.80. The number of hydrogen-bond acceptors (Lipinski definition) is 7. The van der Waals surface area contributed by atoms with Crippen LogP contribution >= 0.6 is 0 Å². The van der Waals surface area contributed by atoms with Gasteiger partial charge < -0.3 is 30.1 Å². The van der Waals surface area contributed by atoms with Crippen molar-refractivity contribution in [3.63, 3.8) is 0 Å². The highest BCUT2D eigenvalue weighted by molar-refractivity contribution is 5.87. The molecule has 0 bridgehead atoms. The number of carbonyl (C=O) groups is 2. The molecule has 1 saturated heterocycles. The van der Waals surface area contributed by atoms with Crippen LogP contribution < -0.4 is 0 Å². The predicted molar refractivity (Wildman–Crippen MR) is 99.3 cm³/mol. The third kappa shape index (κ3) is 4.45. The van der Waals surface area contributed by atoms with Crippen molar-refractivity contribution in [2.45, 2.75) is 49.9 Å². The SMILES string of the molecule is O=C(/C=C/c1ccc(O)c(O)c1)O[C@@H]1CC[C@@](O)(C(=O)N2CCCC2)C[C@H]1O. The quantitative estimate of drug-likeness (QED) is 0.341. The number of benzene rings is 1. The summed E-state index contributed by atoms with van der Waals surface area (Å²) in [5.41, 5.74) is -1.13. The van der Waals surface area contributed by atoms with Crippen LogP contribution in [-0.2, 0) is 14.3 Å². The molecule has 28 heavy (non-hydrogen) atoms. The number of ether oxygens (including phenoxy) is 1. The number of aliphatic hydroxyl groups is 2. The van der Waals surface area contributed by atoms with E-state index in [-0.39, 0.29) is 36.7 Å². The topological polar surface area (TPSA) is 128 Å². The molecule has 2 aliphatic rings. The number of phenolic OH excluding ortho intramolecular Hbond substituents is 2. The lowest BCUT2D eigenvalue weighted by Crippen LogP contribution is -2.55. The van der Waals surface area contributed by atoms with Crippen molar-refractivity contribution >= 4 is 18.0 Å². The third-order valence-corrected chi connectivity index (χ3v) is 5.29. The zero-order valence-electron chi connectivity index (χ0n) is 15.5. The highest BCUT2D eigenvalue weighted by atomic mass is 16.6. The van der Waals surface area contributed by atoms with E-state index in [0.29, 0.717) is 18.7 Å². The van der Waals surface area contributed by atoms with Gasteiger partial charge in [-0.15, -0.1) is 0 Å². The smallest absolute Gasteiger partial charge is 0.331 e. The summed E-state index contributed by atoms with van der Waals surface area (Å²) in [7, 11) is 0. The van der Waals surface area contributed by atoms with E-state index in [0.717, 1.165) is 18.9 Å². The van der Waals surface area contributed by atoms with Crippen LogP contribution in [0.2, 0.25) is 0 Å².